The van der Waals surface area contributed by atoms with Crippen LogP contribution in [0.2, 0.25) is 0 Å². The molecule has 0 amide bonds. The maximum Gasteiger partial charge on any atom is 0.161 e. The molecule has 3 heteroatoms. The number of hydrogen-bond acceptors (Lipinski definition) is 3. The first-order valence-electron chi connectivity index (χ1n) is 5.81. The molecule has 1 aromatic rings. The number of aliphatic hydroxyl groups excluding tert-OH is 1. The van der Waals surface area contributed by atoms with Gasteiger partial charge in [-0.1, -0.05) is 6.07 Å². The number of aliphatic hydroxyl groups is 1. The Hall–Kier alpha value is -1.22. The van der Waals surface area contributed by atoms with E-state index in [0.717, 1.165) is 30.3 Å². The van der Waals surface area contributed by atoms with Gasteiger partial charge in [0, 0.05) is 12.0 Å². The molecule has 3 rings (SSSR count). The van der Waals surface area contributed by atoms with Crippen molar-refractivity contribution in [2.45, 2.75) is 19.3 Å². The maximum atomic E-state index is 8.90. The molecule has 86 valence electrons. The molecule has 1 spiro atoms. The van der Waals surface area contributed by atoms with Gasteiger partial charge in [-0.2, -0.15) is 0 Å². The second-order valence-corrected chi connectivity index (χ2v) is 4.83. The average molecular weight is 220 g/mol. The SMILES string of the molecule is OCCc1ccc2c(c1)OCC1(CC1)CO2. The second kappa shape index (κ2) is 3.67. The topological polar surface area (TPSA) is 38.7 Å². The lowest BCUT2D eigenvalue weighted by Crippen LogP contribution is -2.17. The zero-order valence-electron chi connectivity index (χ0n) is 9.24. The van der Waals surface area contributed by atoms with E-state index in [9.17, 15) is 0 Å². The molecule has 16 heavy (non-hydrogen) atoms. The Kier molecular flexibility index (Phi) is 2.28. The highest BCUT2D eigenvalue weighted by molar-refractivity contribution is 5.43. The van der Waals surface area contributed by atoms with E-state index in [2.05, 4.69) is 0 Å². The Morgan fingerprint density at radius 1 is 1.12 bits per heavy atom. The molecule has 1 aromatic carbocycles. The third-order valence-corrected chi connectivity index (χ3v) is 3.43. The number of benzene rings is 1. The van der Waals surface area contributed by atoms with Gasteiger partial charge in [0.2, 0.25) is 0 Å². The largest absolute Gasteiger partial charge is 0.489 e. The van der Waals surface area contributed by atoms with Crippen LogP contribution in [0.1, 0.15) is 18.4 Å². The normalized spacial score (nSPS) is 20.6. The van der Waals surface area contributed by atoms with Gasteiger partial charge < -0.3 is 14.6 Å². The van der Waals surface area contributed by atoms with Crippen molar-refractivity contribution in [1.82, 2.24) is 0 Å². The zero-order chi connectivity index (χ0) is 11.0. The minimum atomic E-state index is 0.170. The molecule has 2 aliphatic rings. The first-order chi connectivity index (χ1) is 7.81. The van der Waals surface area contributed by atoms with Crippen molar-refractivity contribution < 1.29 is 14.6 Å². The van der Waals surface area contributed by atoms with E-state index in [-0.39, 0.29) is 12.0 Å². The molecule has 0 atom stereocenters. The Labute approximate surface area is 95.0 Å². The van der Waals surface area contributed by atoms with Crippen LogP contribution in [0.4, 0.5) is 0 Å². The summed E-state index contributed by atoms with van der Waals surface area (Å²) in [7, 11) is 0. The molecule has 0 aromatic heterocycles. The van der Waals surface area contributed by atoms with Gasteiger partial charge in [0.1, 0.15) is 0 Å². The van der Waals surface area contributed by atoms with Crippen LogP contribution in [-0.2, 0) is 6.42 Å². The van der Waals surface area contributed by atoms with Crippen LogP contribution < -0.4 is 9.47 Å². The summed E-state index contributed by atoms with van der Waals surface area (Å²) in [5.74, 6) is 1.67. The fourth-order valence-corrected chi connectivity index (χ4v) is 2.04. The average Bonchev–Trinajstić information content (AvgIpc) is 3.08. The third-order valence-electron chi connectivity index (χ3n) is 3.43. The molecule has 3 nitrogen and oxygen atoms in total. The van der Waals surface area contributed by atoms with Crippen LogP contribution in [0.15, 0.2) is 18.2 Å². The third kappa shape index (κ3) is 1.76. The summed E-state index contributed by atoms with van der Waals surface area (Å²) in [6.45, 7) is 1.71. The van der Waals surface area contributed by atoms with Gasteiger partial charge in [-0.05, 0) is 37.0 Å². The van der Waals surface area contributed by atoms with E-state index in [0.29, 0.717) is 6.42 Å². The quantitative estimate of drug-likeness (QED) is 0.825. The molecule has 0 saturated heterocycles. The van der Waals surface area contributed by atoms with Crippen molar-refractivity contribution >= 4 is 0 Å². The fourth-order valence-electron chi connectivity index (χ4n) is 2.04. The van der Waals surface area contributed by atoms with Gasteiger partial charge in [-0.25, -0.2) is 0 Å². The molecule has 0 bridgehead atoms. The first-order valence-corrected chi connectivity index (χ1v) is 5.81. The lowest BCUT2D eigenvalue weighted by molar-refractivity contribution is 0.197. The summed E-state index contributed by atoms with van der Waals surface area (Å²) in [6.07, 6.45) is 3.09. The standard InChI is InChI=1S/C13H16O3/c14-6-3-10-1-2-11-12(7-10)16-9-13(4-5-13)8-15-11/h1-2,7,14H,3-6,8-9H2. The second-order valence-electron chi connectivity index (χ2n) is 4.83. The summed E-state index contributed by atoms with van der Waals surface area (Å²) >= 11 is 0. The van der Waals surface area contributed by atoms with Gasteiger partial charge >= 0.3 is 0 Å². The molecule has 1 fully saturated rings. The number of hydrogen-bond donors (Lipinski definition) is 1. The molecular formula is C13H16O3. The van der Waals surface area contributed by atoms with E-state index >= 15 is 0 Å². The predicted octanol–water partition coefficient (Wildman–Crippen LogP) is 1.77. The monoisotopic (exact) mass is 220 g/mol. The molecule has 1 N–H and O–H groups in total. The van der Waals surface area contributed by atoms with Crippen LogP contribution >= 0.6 is 0 Å². The number of rotatable bonds is 2. The molecular weight excluding hydrogens is 204 g/mol. The van der Waals surface area contributed by atoms with Crippen molar-refractivity contribution in [2.24, 2.45) is 5.41 Å². The predicted molar refractivity (Wildman–Crippen MR) is 59.9 cm³/mol. The Bertz CT molecular complexity index is 396. The summed E-state index contributed by atoms with van der Waals surface area (Å²) < 4.78 is 11.6. The zero-order valence-corrected chi connectivity index (χ0v) is 9.24. The van der Waals surface area contributed by atoms with Crippen molar-refractivity contribution in [3.8, 4) is 11.5 Å². The Balaban J connectivity index is 1.83. The van der Waals surface area contributed by atoms with Gasteiger partial charge in [-0.3, -0.25) is 0 Å². The Morgan fingerprint density at radius 3 is 2.56 bits per heavy atom. The summed E-state index contributed by atoms with van der Waals surface area (Å²) in [5, 5.41) is 8.90. The number of ether oxygens (including phenoxy) is 2. The van der Waals surface area contributed by atoms with E-state index in [1.54, 1.807) is 0 Å². The van der Waals surface area contributed by atoms with Gasteiger partial charge in [0.05, 0.1) is 13.2 Å². The minimum absolute atomic E-state index is 0.170. The number of fused-ring (bicyclic) bond motifs is 1. The highest BCUT2D eigenvalue weighted by Gasteiger charge is 2.46. The molecule has 1 aliphatic heterocycles. The summed E-state index contributed by atoms with van der Waals surface area (Å²) in [4.78, 5) is 0. The van der Waals surface area contributed by atoms with Crippen molar-refractivity contribution in [3.63, 3.8) is 0 Å². The molecule has 0 radical (unpaired) electrons. The van der Waals surface area contributed by atoms with Crippen LogP contribution in [0.25, 0.3) is 0 Å². The van der Waals surface area contributed by atoms with Crippen molar-refractivity contribution in [2.75, 3.05) is 19.8 Å². The van der Waals surface area contributed by atoms with E-state index in [4.69, 9.17) is 14.6 Å². The first kappa shape index (κ1) is 9.97. The summed E-state index contributed by atoms with van der Waals surface area (Å²) in [6, 6.07) is 5.91. The van der Waals surface area contributed by atoms with Gasteiger partial charge in [0.25, 0.3) is 0 Å². The summed E-state index contributed by atoms with van der Waals surface area (Å²) in [5.41, 5.74) is 1.38. The van der Waals surface area contributed by atoms with Crippen LogP contribution in [-0.4, -0.2) is 24.9 Å². The van der Waals surface area contributed by atoms with E-state index in [1.165, 1.54) is 12.8 Å². The van der Waals surface area contributed by atoms with Crippen LogP contribution in [0.5, 0.6) is 11.5 Å². The lowest BCUT2D eigenvalue weighted by atomic mass is 10.1. The Morgan fingerprint density at radius 2 is 1.88 bits per heavy atom. The van der Waals surface area contributed by atoms with Crippen molar-refractivity contribution in [1.29, 1.82) is 0 Å². The van der Waals surface area contributed by atoms with Gasteiger partial charge in [-0.15, -0.1) is 0 Å². The van der Waals surface area contributed by atoms with E-state index < -0.39 is 0 Å². The highest BCUT2D eigenvalue weighted by Crippen LogP contribution is 2.49. The molecule has 0 unspecified atom stereocenters. The maximum absolute atomic E-state index is 8.90. The van der Waals surface area contributed by atoms with Crippen molar-refractivity contribution in [3.05, 3.63) is 23.8 Å². The molecule has 1 heterocycles. The van der Waals surface area contributed by atoms with Crippen LogP contribution in [0.3, 0.4) is 0 Å². The van der Waals surface area contributed by atoms with Gasteiger partial charge in [0.15, 0.2) is 11.5 Å². The highest BCUT2D eigenvalue weighted by atomic mass is 16.5. The molecule has 1 aliphatic carbocycles. The molecule has 1 saturated carbocycles. The van der Waals surface area contributed by atoms with E-state index in [1.807, 2.05) is 18.2 Å². The fraction of sp³-hybridized carbons (Fsp3) is 0.538. The minimum Gasteiger partial charge on any atom is -0.489 e. The lowest BCUT2D eigenvalue weighted by Gasteiger charge is -2.08. The van der Waals surface area contributed by atoms with Crippen LogP contribution in [0, 0.1) is 5.41 Å². The smallest absolute Gasteiger partial charge is 0.161 e.